The van der Waals surface area contributed by atoms with Crippen LogP contribution in [0.25, 0.3) is 6.08 Å². The summed E-state index contributed by atoms with van der Waals surface area (Å²) in [5.41, 5.74) is 2.96. The fourth-order valence-corrected chi connectivity index (χ4v) is 7.34. The molecule has 6 unspecified atom stereocenters. The maximum atomic E-state index is 11.3. The van der Waals surface area contributed by atoms with Gasteiger partial charge in [0.25, 0.3) is 0 Å². The van der Waals surface area contributed by atoms with E-state index in [-0.39, 0.29) is 41.3 Å². The summed E-state index contributed by atoms with van der Waals surface area (Å²) < 4.78 is 6.28. The number of para-hydroxylation sites is 1. The van der Waals surface area contributed by atoms with Gasteiger partial charge in [-0.2, -0.15) is 0 Å². The van der Waals surface area contributed by atoms with Gasteiger partial charge >= 0.3 is 29.6 Å². The van der Waals surface area contributed by atoms with Crippen molar-refractivity contribution in [2.45, 2.75) is 105 Å². The summed E-state index contributed by atoms with van der Waals surface area (Å²) in [7, 11) is 0. The molecule has 1 N–H and O–H groups in total. The third-order valence-electron chi connectivity index (χ3n) is 9.53. The van der Waals surface area contributed by atoms with Gasteiger partial charge in [-0.3, -0.25) is 0 Å². The number of hydrogen-bond donors (Lipinski definition) is 1. The molecule has 3 aliphatic rings. The van der Waals surface area contributed by atoms with E-state index in [0.29, 0.717) is 22.7 Å². The first-order chi connectivity index (χ1) is 15.5. The molecule has 0 spiro atoms. The van der Waals surface area contributed by atoms with Gasteiger partial charge in [0.15, 0.2) is 0 Å². The van der Waals surface area contributed by atoms with E-state index in [1.807, 2.05) is 18.2 Å². The molecule has 0 radical (unpaired) electrons. The number of aliphatic hydroxyl groups is 1. The molecule has 4 rings (SSSR count). The van der Waals surface area contributed by atoms with Crippen LogP contribution >= 0.6 is 0 Å². The van der Waals surface area contributed by atoms with Crippen molar-refractivity contribution in [3.05, 3.63) is 47.6 Å². The summed E-state index contributed by atoms with van der Waals surface area (Å²) in [5, 5.41) is 11.3. The second-order valence-corrected chi connectivity index (χ2v) is 12.5. The normalized spacial score (nSPS) is 33.4. The fourth-order valence-electron chi connectivity index (χ4n) is 7.34. The minimum Gasteiger partial charge on any atom is -0.520 e. The molecule has 6 atom stereocenters. The van der Waals surface area contributed by atoms with Gasteiger partial charge in [-0.1, -0.05) is 64.3 Å². The Morgan fingerprint density at radius 2 is 1.88 bits per heavy atom. The van der Waals surface area contributed by atoms with E-state index in [9.17, 15) is 5.11 Å². The van der Waals surface area contributed by atoms with E-state index < -0.39 is 0 Å². The molecule has 1 fully saturated rings. The van der Waals surface area contributed by atoms with Crippen LogP contribution in [0.15, 0.2) is 35.9 Å². The van der Waals surface area contributed by atoms with Crippen LogP contribution in [-0.4, -0.2) is 16.8 Å². The first-order valence-corrected chi connectivity index (χ1v) is 13.3. The van der Waals surface area contributed by atoms with E-state index in [2.05, 4.69) is 65.8 Å². The van der Waals surface area contributed by atoms with Gasteiger partial charge in [0.2, 0.25) is 0 Å². The number of hydrogen-bond acceptors (Lipinski definition) is 2. The molecule has 0 aromatic heterocycles. The molecule has 1 aromatic carbocycles. The maximum absolute atomic E-state index is 11.3. The molecular weight excluding hydrogens is 427 g/mol. The van der Waals surface area contributed by atoms with Crippen LogP contribution in [0, 0.1) is 34.7 Å². The first-order valence-electron chi connectivity index (χ1n) is 13.3. The number of rotatable bonds is 7. The second-order valence-electron chi connectivity index (χ2n) is 12.5. The van der Waals surface area contributed by atoms with Crippen molar-refractivity contribution in [1.29, 1.82) is 0 Å². The first kappa shape index (κ1) is 28.0. The van der Waals surface area contributed by atoms with E-state index in [4.69, 9.17) is 4.74 Å². The van der Waals surface area contributed by atoms with Crippen molar-refractivity contribution in [2.75, 3.05) is 0 Å². The maximum Gasteiger partial charge on any atom is 1.00 e. The van der Waals surface area contributed by atoms with Crippen LogP contribution in [0.5, 0.6) is 5.75 Å². The number of aliphatic hydroxyl groups excluding tert-OH is 1. The Bertz CT molecular complexity index is 902. The average Bonchev–Trinajstić information content (AvgIpc) is 2.75. The molecule has 34 heavy (non-hydrogen) atoms. The predicted octanol–water partition coefficient (Wildman–Crippen LogP) is 5.01. The fraction of sp³-hybridized carbons (Fsp3) is 0.677. The van der Waals surface area contributed by atoms with Gasteiger partial charge < -0.3 is 9.84 Å². The topological polar surface area (TPSA) is 29.5 Å². The Kier molecular flexibility index (Phi) is 8.93. The molecular formula is C31H45NaO2. The zero-order chi connectivity index (χ0) is 23.9. The minimum absolute atomic E-state index is 0. The van der Waals surface area contributed by atoms with E-state index in [0.717, 1.165) is 42.9 Å². The molecule has 1 heterocycles. The van der Waals surface area contributed by atoms with Crippen LogP contribution in [0.4, 0.5) is 0 Å². The molecule has 0 amide bonds. The van der Waals surface area contributed by atoms with Gasteiger partial charge in [0, 0.05) is 5.75 Å². The van der Waals surface area contributed by atoms with Crippen molar-refractivity contribution in [1.82, 2.24) is 0 Å². The van der Waals surface area contributed by atoms with E-state index >= 15 is 0 Å². The van der Waals surface area contributed by atoms with Gasteiger partial charge in [-0.25, -0.2) is 12.2 Å². The van der Waals surface area contributed by atoms with Gasteiger partial charge in [-0.15, -0.1) is 11.6 Å². The summed E-state index contributed by atoms with van der Waals surface area (Å²) in [6.45, 7) is 14.1. The van der Waals surface area contributed by atoms with E-state index in [1.165, 1.54) is 31.3 Å². The standard InChI is InChI=1S/C31H45O2.Na/c1-22-14-15-28-29(3,4)17-10-19-31(28,6)25(22)21-26(32)23(2)11-9-18-30(5)20-16-24-12-7-8-13-27(24)33-30;/h7-8,12-14,16,23,25-26,28,32H,9-11,15,17-19,21H2,1-6H3;/q-1;+1. The molecule has 182 valence electrons. The Hall–Kier alpha value is -0.540. The zero-order valence-electron chi connectivity index (χ0n) is 22.8. The van der Waals surface area contributed by atoms with Crippen LogP contribution in [0.2, 0.25) is 0 Å². The molecule has 1 aliphatic heterocycles. The van der Waals surface area contributed by atoms with Gasteiger partial charge in [0.05, 0.1) is 11.7 Å². The number of allylic oxidation sites excluding steroid dienone is 2. The van der Waals surface area contributed by atoms with Crippen LogP contribution in [-0.2, 0) is 0 Å². The number of benzene rings is 1. The number of ether oxygens (including phenoxy) is 1. The Morgan fingerprint density at radius 1 is 1.15 bits per heavy atom. The van der Waals surface area contributed by atoms with Crippen molar-refractivity contribution in [3.63, 3.8) is 0 Å². The SMILES string of the molecule is CC1=CCC2C(C)(C)CCCC2(C)C1CC(O)C(C)CCCC1(C)[C-]=Cc2ccccc2O1.[Na+]. The van der Waals surface area contributed by atoms with Crippen molar-refractivity contribution in [3.8, 4) is 5.75 Å². The molecule has 1 aromatic rings. The van der Waals surface area contributed by atoms with Crippen LogP contribution in [0.3, 0.4) is 0 Å². The smallest absolute Gasteiger partial charge is 0.520 e. The molecule has 0 bridgehead atoms. The summed E-state index contributed by atoms with van der Waals surface area (Å²) in [5.74, 6) is 2.47. The summed E-state index contributed by atoms with van der Waals surface area (Å²) in [6.07, 6.45) is 16.8. The van der Waals surface area contributed by atoms with E-state index in [1.54, 1.807) is 0 Å². The summed E-state index contributed by atoms with van der Waals surface area (Å²) in [6, 6.07) is 8.17. The van der Waals surface area contributed by atoms with Crippen LogP contribution in [0.1, 0.15) is 98.5 Å². The quantitative estimate of drug-likeness (QED) is 0.343. The molecule has 2 aliphatic carbocycles. The predicted molar refractivity (Wildman–Crippen MR) is 138 cm³/mol. The third kappa shape index (κ3) is 5.72. The Balaban J connectivity index is 0.00000324. The molecule has 1 saturated carbocycles. The monoisotopic (exact) mass is 472 g/mol. The third-order valence-corrected chi connectivity index (χ3v) is 9.53. The summed E-state index contributed by atoms with van der Waals surface area (Å²) in [4.78, 5) is 0. The van der Waals surface area contributed by atoms with Crippen LogP contribution < -0.4 is 34.3 Å². The van der Waals surface area contributed by atoms with Crippen molar-refractivity contribution < 1.29 is 39.4 Å². The molecule has 3 heteroatoms. The van der Waals surface area contributed by atoms with Gasteiger partial charge in [0.1, 0.15) is 0 Å². The van der Waals surface area contributed by atoms with Crippen molar-refractivity contribution in [2.24, 2.45) is 28.6 Å². The average molecular weight is 473 g/mol. The number of fused-ring (bicyclic) bond motifs is 2. The molecule has 0 saturated heterocycles. The second kappa shape index (κ2) is 10.8. The Morgan fingerprint density at radius 3 is 2.65 bits per heavy atom. The Labute approximate surface area is 230 Å². The largest absolute Gasteiger partial charge is 1.00 e. The minimum atomic E-state index is -0.379. The summed E-state index contributed by atoms with van der Waals surface area (Å²) >= 11 is 0. The van der Waals surface area contributed by atoms with Crippen molar-refractivity contribution >= 4 is 6.08 Å². The molecule has 2 nitrogen and oxygen atoms in total. The zero-order valence-corrected chi connectivity index (χ0v) is 24.8. The van der Waals surface area contributed by atoms with Gasteiger partial charge in [-0.05, 0) is 87.0 Å².